The molecule has 0 bridgehead atoms. The van der Waals surface area contributed by atoms with Crippen molar-refractivity contribution in [1.29, 1.82) is 0 Å². The Morgan fingerprint density at radius 1 is 0.493 bits per heavy atom. The van der Waals surface area contributed by atoms with E-state index in [-0.39, 0.29) is 43.2 Å². The number of rotatable bonds is 9. The summed E-state index contributed by atoms with van der Waals surface area (Å²) in [6, 6.07) is 74.0. The SMILES string of the molecule is [2H]C([2H])([2H])c1cc(-c2c(-c3ccccc3)cccc2C(C)(C)C)ccc1-n1c(-c2cc(C(C)(C)C)cc(C)c2O)nc2c(-c3[c-]c(-c4cc(-c5ccc(-c6ccccc6)cc5)ccn4)cc(-c4ccccc4)c3)cccc21.[Pt]. The molecule has 4 nitrogen and oxygen atoms in total. The second-order valence-corrected chi connectivity index (χ2v) is 21.4. The van der Waals surface area contributed by atoms with Crippen molar-refractivity contribution in [2.24, 2.45) is 0 Å². The number of phenolic OH excluding ortho intramolecular Hbond substituents is 1. The zero-order valence-electron chi connectivity index (χ0n) is 46.3. The molecule has 0 saturated carbocycles. The Balaban J connectivity index is 0.00000688. The Morgan fingerprint density at radius 3 is 1.73 bits per heavy atom. The Bertz CT molecular complexity index is 3990. The summed E-state index contributed by atoms with van der Waals surface area (Å²) >= 11 is 0. The number of hydrogen-bond donors (Lipinski definition) is 1. The van der Waals surface area contributed by atoms with Crippen molar-refractivity contribution in [1.82, 2.24) is 14.5 Å². The van der Waals surface area contributed by atoms with Crippen molar-refractivity contribution in [3.05, 3.63) is 241 Å². The third kappa shape index (κ3) is 9.96. The fourth-order valence-corrected chi connectivity index (χ4v) is 10.3. The second-order valence-electron chi connectivity index (χ2n) is 21.4. The zero-order valence-corrected chi connectivity index (χ0v) is 45.6. The van der Waals surface area contributed by atoms with E-state index in [9.17, 15) is 9.22 Å². The first-order valence-corrected chi connectivity index (χ1v) is 25.4. The average molecular weight is 1160 g/mol. The summed E-state index contributed by atoms with van der Waals surface area (Å²) in [6.07, 6.45) is 1.85. The second kappa shape index (κ2) is 20.4. The van der Waals surface area contributed by atoms with Gasteiger partial charge in [-0.25, -0.2) is 4.98 Å². The molecule has 0 spiro atoms. The summed E-state index contributed by atoms with van der Waals surface area (Å²) in [5, 5.41) is 12.2. The molecule has 0 saturated heterocycles. The van der Waals surface area contributed by atoms with E-state index in [2.05, 4.69) is 157 Å². The average Bonchev–Trinajstić information content (AvgIpc) is 4.07. The molecule has 0 aliphatic heterocycles. The van der Waals surface area contributed by atoms with Crippen molar-refractivity contribution in [2.45, 2.75) is 66.1 Å². The number of fused-ring (bicyclic) bond motifs is 1. The number of benzene rings is 9. The van der Waals surface area contributed by atoms with Crippen molar-refractivity contribution in [3.8, 4) is 101 Å². The molecule has 9 aromatic carbocycles. The van der Waals surface area contributed by atoms with Gasteiger partial charge >= 0.3 is 0 Å². The van der Waals surface area contributed by atoms with Crippen LogP contribution in [0.15, 0.2) is 212 Å². The number of imidazole rings is 1. The maximum absolute atomic E-state index is 12.2. The summed E-state index contributed by atoms with van der Waals surface area (Å²) in [7, 11) is 0. The van der Waals surface area contributed by atoms with Gasteiger partial charge in [-0.2, -0.15) is 0 Å². The largest absolute Gasteiger partial charge is 0.507 e. The smallest absolute Gasteiger partial charge is 0.148 e. The molecule has 11 rings (SSSR count). The van der Waals surface area contributed by atoms with Crippen LogP contribution in [0.3, 0.4) is 0 Å². The summed E-state index contributed by atoms with van der Waals surface area (Å²) in [6.45, 7) is 12.4. The number of para-hydroxylation sites is 1. The van der Waals surface area contributed by atoms with E-state index >= 15 is 0 Å². The Kier molecular flexibility index (Phi) is 12.8. The quantitative estimate of drug-likeness (QED) is 0.147. The van der Waals surface area contributed by atoms with Gasteiger partial charge in [-0.05, 0) is 127 Å². The van der Waals surface area contributed by atoms with Gasteiger partial charge in [0.2, 0.25) is 0 Å². The van der Waals surface area contributed by atoms with Crippen LogP contribution in [-0.2, 0) is 31.9 Å². The van der Waals surface area contributed by atoms with Crippen LogP contribution in [0, 0.1) is 19.8 Å². The van der Waals surface area contributed by atoms with Crippen LogP contribution >= 0.6 is 0 Å². The topological polar surface area (TPSA) is 50.9 Å². The minimum Gasteiger partial charge on any atom is -0.507 e. The molecule has 0 radical (unpaired) electrons. The van der Waals surface area contributed by atoms with Gasteiger partial charge in [-0.15, -0.1) is 23.8 Å². The van der Waals surface area contributed by atoms with Gasteiger partial charge in [0.15, 0.2) is 0 Å². The number of nitrogens with zero attached hydrogens (tertiary/aromatic N) is 3. The Labute approximate surface area is 461 Å². The van der Waals surface area contributed by atoms with Gasteiger partial charge in [-0.1, -0.05) is 222 Å². The van der Waals surface area contributed by atoms with E-state index in [4.69, 9.17) is 9.97 Å². The molecule has 0 aliphatic rings. The minimum absolute atomic E-state index is 0. The van der Waals surface area contributed by atoms with Crippen LogP contribution in [0.1, 0.15) is 67.9 Å². The van der Waals surface area contributed by atoms with Gasteiger partial charge < -0.3 is 5.11 Å². The summed E-state index contributed by atoms with van der Waals surface area (Å²) in [4.78, 5) is 10.5. The molecule has 5 heteroatoms. The molecular formula is C70H60N3OPt-. The molecule has 0 fully saturated rings. The van der Waals surface area contributed by atoms with E-state index in [1.807, 2.05) is 115 Å². The first kappa shape index (κ1) is 46.8. The molecule has 11 aromatic rings. The van der Waals surface area contributed by atoms with E-state index < -0.39 is 6.85 Å². The van der Waals surface area contributed by atoms with E-state index in [1.165, 1.54) is 0 Å². The summed E-state index contributed by atoms with van der Waals surface area (Å²) in [5.41, 5.74) is 18.1. The molecule has 2 heterocycles. The maximum atomic E-state index is 12.2. The van der Waals surface area contributed by atoms with Crippen LogP contribution in [0.5, 0.6) is 5.75 Å². The molecule has 0 atom stereocenters. The fraction of sp³-hybridized carbons (Fsp3) is 0.143. The molecule has 75 heavy (non-hydrogen) atoms. The fourth-order valence-electron chi connectivity index (χ4n) is 10.3. The molecule has 1 N–H and O–H groups in total. The number of aryl methyl sites for hydroxylation is 2. The van der Waals surface area contributed by atoms with Crippen LogP contribution in [0.2, 0.25) is 0 Å². The van der Waals surface area contributed by atoms with Gasteiger partial charge in [0, 0.05) is 37.1 Å². The van der Waals surface area contributed by atoms with Crippen molar-refractivity contribution < 1.29 is 30.3 Å². The van der Waals surface area contributed by atoms with Crippen LogP contribution in [-0.4, -0.2) is 19.6 Å². The predicted octanol–water partition coefficient (Wildman–Crippen LogP) is 18.5. The Hall–Kier alpha value is -7.91. The number of pyridine rings is 1. The molecule has 0 amide bonds. The van der Waals surface area contributed by atoms with Gasteiger partial charge in [-0.3, -0.25) is 9.55 Å². The Morgan fingerprint density at radius 2 is 1.08 bits per heavy atom. The third-order valence-electron chi connectivity index (χ3n) is 14.2. The van der Waals surface area contributed by atoms with Crippen molar-refractivity contribution >= 4 is 11.0 Å². The first-order valence-electron chi connectivity index (χ1n) is 26.9. The standard InChI is InChI=1S/C70H60N3O.Pt/c1-45-38-53(65-58(51-24-16-11-17-25-51)26-18-28-61(65)70(6,7)8)34-35-63(45)73-64-29-19-27-59(66(64)72-68(73)60-44-57(69(3,4)5)39-46(2)67(60)74)55-40-54(48-22-14-10-15-23-48)41-56(42-55)62-43-52(36-37-71-62)50-32-30-49(31-33-50)47-20-12-9-13-21-47;/h9-41,43-44,74H,1-8H3;/q-1;/i1D3;. The minimum atomic E-state index is -2.57. The number of phenols is 1. The number of hydrogen-bond acceptors (Lipinski definition) is 3. The van der Waals surface area contributed by atoms with Gasteiger partial charge in [0.1, 0.15) is 11.6 Å². The molecular weight excluding hydrogens is 1090 g/mol. The molecule has 2 aromatic heterocycles. The van der Waals surface area contributed by atoms with Crippen LogP contribution in [0.4, 0.5) is 0 Å². The van der Waals surface area contributed by atoms with Gasteiger partial charge in [0.25, 0.3) is 0 Å². The number of aromatic hydroxyl groups is 1. The third-order valence-corrected chi connectivity index (χ3v) is 14.2. The van der Waals surface area contributed by atoms with Crippen LogP contribution in [0.25, 0.3) is 106 Å². The molecule has 0 unspecified atom stereocenters. The normalized spacial score (nSPS) is 12.4. The first-order chi connectivity index (χ1) is 36.9. The van der Waals surface area contributed by atoms with Crippen molar-refractivity contribution in [3.63, 3.8) is 0 Å². The van der Waals surface area contributed by atoms with E-state index in [1.54, 1.807) is 0 Å². The summed E-state index contributed by atoms with van der Waals surface area (Å²) in [5.74, 6) is 0.500. The van der Waals surface area contributed by atoms with Crippen molar-refractivity contribution in [2.75, 3.05) is 0 Å². The molecule has 0 aliphatic carbocycles. The van der Waals surface area contributed by atoms with Gasteiger partial charge in [0.05, 0.1) is 22.3 Å². The maximum Gasteiger partial charge on any atom is 0.148 e. The van der Waals surface area contributed by atoms with E-state index in [0.29, 0.717) is 33.7 Å². The molecule has 372 valence electrons. The predicted molar refractivity (Wildman–Crippen MR) is 310 cm³/mol. The zero-order chi connectivity index (χ0) is 53.8. The van der Waals surface area contributed by atoms with Crippen LogP contribution < -0.4 is 0 Å². The summed E-state index contributed by atoms with van der Waals surface area (Å²) < 4.78 is 29.8. The monoisotopic (exact) mass is 1160 g/mol. The van der Waals surface area contributed by atoms with E-state index in [0.717, 1.165) is 89.1 Å². The number of aromatic nitrogens is 3.